The van der Waals surface area contributed by atoms with Gasteiger partial charge in [0.25, 0.3) is 5.91 Å². The summed E-state index contributed by atoms with van der Waals surface area (Å²) in [5.41, 5.74) is 1.64. The number of amides is 1. The molecule has 1 saturated heterocycles. The smallest absolute Gasteiger partial charge is 0.274 e. The van der Waals surface area contributed by atoms with Gasteiger partial charge in [-0.1, -0.05) is 19.3 Å². The Balaban J connectivity index is 1.78. The second-order valence-corrected chi connectivity index (χ2v) is 8.05. The van der Waals surface area contributed by atoms with E-state index in [2.05, 4.69) is 21.0 Å². The third kappa shape index (κ3) is 4.13. The minimum absolute atomic E-state index is 0.106. The summed E-state index contributed by atoms with van der Waals surface area (Å²) in [5.74, 6) is 1.18. The Morgan fingerprint density at radius 2 is 2.04 bits per heavy atom. The number of aromatic nitrogens is 2. The maximum atomic E-state index is 13.1. The van der Waals surface area contributed by atoms with Crippen LogP contribution in [0.1, 0.15) is 48.3 Å². The highest BCUT2D eigenvalue weighted by Gasteiger charge is 2.24. The Kier molecular flexibility index (Phi) is 6.57. The van der Waals surface area contributed by atoms with Gasteiger partial charge in [-0.05, 0) is 19.1 Å². The van der Waals surface area contributed by atoms with E-state index in [-0.39, 0.29) is 5.91 Å². The second-order valence-electron chi connectivity index (χ2n) is 6.19. The maximum Gasteiger partial charge on any atom is 0.274 e. The fraction of sp³-hybridized carbons (Fsp3) is 0.647. The van der Waals surface area contributed by atoms with Gasteiger partial charge in [-0.25, -0.2) is 4.98 Å². The lowest BCUT2D eigenvalue weighted by Crippen LogP contribution is -2.35. The quantitative estimate of drug-likeness (QED) is 0.797. The highest BCUT2D eigenvalue weighted by molar-refractivity contribution is 7.98. The molecule has 0 saturated carbocycles. The number of carbonyl (C=O) groups excluding carboxylic acids is 1. The zero-order valence-corrected chi connectivity index (χ0v) is 15.9. The lowest BCUT2D eigenvalue weighted by molar-refractivity contribution is 0.0736. The number of imidazole rings is 1. The molecular weight excluding hydrogens is 340 g/mol. The minimum Gasteiger partial charge on any atom is -0.337 e. The molecule has 0 unspecified atom stereocenters. The van der Waals surface area contributed by atoms with E-state index in [9.17, 15) is 4.79 Å². The van der Waals surface area contributed by atoms with Gasteiger partial charge in [0, 0.05) is 43.5 Å². The van der Waals surface area contributed by atoms with Crippen LogP contribution in [0.15, 0.2) is 11.6 Å². The number of nitrogens with zero attached hydrogens (tertiary/aromatic N) is 3. The van der Waals surface area contributed by atoms with E-state index >= 15 is 0 Å². The van der Waals surface area contributed by atoms with Crippen LogP contribution in [0.25, 0.3) is 4.96 Å². The summed E-state index contributed by atoms with van der Waals surface area (Å²) in [6, 6.07) is 0. The Labute approximate surface area is 151 Å². The van der Waals surface area contributed by atoms with Crippen molar-refractivity contribution in [1.29, 1.82) is 0 Å². The summed E-state index contributed by atoms with van der Waals surface area (Å²) in [5, 5.41) is 5.47. The van der Waals surface area contributed by atoms with E-state index in [1.807, 2.05) is 28.2 Å². The van der Waals surface area contributed by atoms with Crippen molar-refractivity contribution >= 4 is 34.0 Å². The Morgan fingerprint density at radius 1 is 1.29 bits per heavy atom. The summed E-state index contributed by atoms with van der Waals surface area (Å²) in [7, 11) is 0. The number of thiazole rings is 1. The van der Waals surface area contributed by atoms with Crippen LogP contribution < -0.4 is 5.32 Å². The van der Waals surface area contributed by atoms with Gasteiger partial charge >= 0.3 is 0 Å². The molecule has 1 aliphatic heterocycles. The highest BCUT2D eigenvalue weighted by atomic mass is 32.2. The number of likely N-dealkylation sites (tertiary alicyclic amines) is 1. The van der Waals surface area contributed by atoms with Crippen LogP contribution in [0.5, 0.6) is 0 Å². The van der Waals surface area contributed by atoms with E-state index in [0.29, 0.717) is 12.2 Å². The van der Waals surface area contributed by atoms with Crippen molar-refractivity contribution in [3.63, 3.8) is 0 Å². The van der Waals surface area contributed by atoms with Gasteiger partial charge in [0.1, 0.15) is 0 Å². The summed E-state index contributed by atoms with van der Waals surface area (Å²) >= 11 is 3.41. The van der Waals surface area contributed by atoms with Crippen molar-refractivity contribution in [2.45, 2.75) is 38.6 Å². The molecule has 2 aromatic heterocycles. The number of fused-ring (bicyclic) bond motifs is 1. The fourth-order valence-electron chi connectivity index (χ4n) is 3.15. The Bertz CT molecular complexity index is 659. The minimum atomic E-state index is 0.106. The molecule has 3 heterocycles. The number of rotatable bonds is 6. The van der Waals surface area contributed by atoms with Crippen LogP contribution in [0.2, 0.25) is 0 Å². The molecule has 0 aliphatic carbocycles. The molecule has 0 radical (unpaired) electrons. The molecule has 5 nitrogen and oxygen atoms in total. The van der Waals surface area contributed by atoms with Crippen molar-refractivity contribution in [2.75, 3.05) is 31.6 Å². The van der Waals surface area contributed by atoms with Crippen molar-refractivity contribution in [3.05, 3.63) is 23.0 Å². The first kappa shape index (κ1) is 17.8. The SMILES string of the molecule is CSCCNCc1c(C(=O)N2CCCCCCC2)nc2sccn12. The molecule has 3 rings (SSSR count). The van der Waals surface area contributed by atoms with Gasteiger partial charge in [-0.2, -0.15) is 11.8 Å². The molecule has 0 atom stereocenters. The normalized spacial score (nSPS) is 16.3. The average molecular weight is 367 g/mol. The van der Waals surface area contributed by atoms with Gasteiger partial charge in [-0.3, -0.25) is 9.20 Å². The average Bonchev–Trinajstić information content (AvgIpc) is 3.12. The molecule has 2 aromatic rings. The van der Waals surface area contributed by atoms with Crippen LogP contribution in [0.3, 0.4) is 0 Å². The zero-order valence-electron chi connectivity index (χ0n) is 14.3. The van der Waals surface area contributed by atoms with Gasteiger partial charge < -0.3 is 10.2 Å². The van der Waals surface area contributed by atoms with Gasteiger partial charge in [0.15, 0.2) is 10.7 Å². The zero-order chi connectivity index (χ0) is 16.8. The molecular formula is C17H26N4OS2. The first-order chi connectivity index (χ1) is 11.8. The van der Waals surface area contributed by atoms with E-state index in [4.69, 9.17) is 0 Å². The van der Waals surface area contributed by atoms with Gasteiger partial charge in [0.2, 0.25) is 0 Å². The summed E-state index contributed by atoms with van der Waals surface area (Å²) in [6.07, 6.45) is 10.1. The van der Waals surface area contributed by atoms with E-state index in [1.165, 1.54) is 19.3 Å². The monoisotopic (exact) mass is 366 g/mol. The molecule has 1 fully saturated rings. The third-order valence-electron chi connectivity index (χ3n) is 4.48. The van der Waals surface area contributed by atoms with Crippen LogP contribution in [-0.4, -0.2) is 51.8 Å². The number of hydrogen-bond donors (Lipinski definition) is 1. The first-order valence-electron chi connectivity index (χ1n) is 8.74. The molecule has 0 bridgehead atoms. The lowest BCUT2D eigenvalue weighted by Gasteiger charge is -2.24. The highest BCUT2D eigenvalue weighted by Crippen LogP contribution is 2.20. The second kappa shape index (κ2) is 8.87. The van der Waals surface area contributed by atoms with Gasteiger partial charge in [0.05, 0.1) is 5.69 Å². The molecule has 1 amide bonds. The van der Waals surface area contributed by atoms with Crippen molar-refractivity contribution < 1.29 is 4.79 Å². The Morgan fingerprint density at radius 3 is 2.79 bits per heavy atom. The maximum absolute atomic E-state index is 13.1. The number of carbonyl (C=O) groups is 1. The van der Waals surface area contributed by atoms with Crippen molar-refractivity contribution in [1.82, 2.24) is 19.6 Å². The van der Waals surface area contributed by atoms with Crippen molar-refractivity contribution in [3.8, 4) is 0 Å². The molecule has 1 aliphatic rings. The lowest BCUT2D eigenvalue weighted by atomic mass is 10.1. The molecule has 24 heavy (non-hydrogen) atoms. The topological polar surface area (TPSA) is 49.6 Å². The number of thioether (sulfide) groups is 1. The molecule has 0 spiro atoms. The van der Waals surface area contributed by atoms with E-state index < -0.39 is 0 Å². The van der Waals surface area contributed by atoms with E-state index in [0.717, 1.165) is 48.9 Å². The predicted molar refractivity (Wildman–Crippen MR) is 102 cm³/mol. The molecule has 7 heteroatoms. The summed E-state index contributed by atoms with van der Waals surface area (Å²) < 4.78 is 2.06. The first-order valence-corrected chi connectivity index (χ1v) is 11.0. The van der Waals surface area contributed by atoms with E-state index in [1.54, 1.807) is 11.3 Å². The predicted octanol–water partition coefficient (Wildman–Crippen LogP) is 3.25. The standard InChI is InChI=1S/C17H26N4OS2/c1-23-11-7-18-13-14-15(19-17-21(14)10-12-24-17)16(22)20-8-5-3-2-4-6-9-20/h10,12,18H,2-9,11,13H2,1H3. The molecule has 0 aromatic carbocycles. The number of hydrogen-bond acceptors (Lipinski definition) is 5. The third-order valence-corrected chi connectivity index (χ3v) is 5.85. The Hall–Kier alpha value is -1.05. The summed E-state index contributed by atoms with van der Waals surface area (Å²) in [4.78, 5) is 20.6. The largest absolute Gasteiger partial charge is 0.337 e. The van der Waals surface area contributed by atoms with Gasteiger partial charge in [-0.15, -0.1) is 11.3 Å². The molecule has 132 valence electrons. The molecule has 1 N–H and O–H groups in total. The van der Waals surface area contributed by atoms with Crippen LogP contribution in [0.4, 0.5) is 0 Å². The summed E-state index contributed by atoms with van der Waals surface area (Å²) in [6.45, 7) is 3.36. The van der Waals surface area contributed by atoms with Crippen LogP contribution in [-0.2, 0) is 6.54 Å². The number of nitrogens with one attached hydrogen (secondary N) is 1. The van der Waals surface area contributed by atoms with Crippen LogP contribution in [0, 0.1) is 0 Å². The van der Waals surface area contributed by atoms with Crippen LogP contribution >= 0.6 is 23.1 Å². The fourth-order valence-corrected chi connectivity index (χ4v) is 4.24. The van der Waals surface area contributed by atoms with Crippen molar-refractivity contribution in [2.24, 2.45) is 0 Å².